The minimum Gasteiger partial charge on any atom is -0.465 e. The molecule has 106 valence electrons. The van der Waals surface area contributed by atoms with Gasteiger partial charge in [0.1, 0.15) is 5.75 Å². The molecule has 0 bridgehead atoms. The van der Waals surface area contributed by atoms with Gasteiger partial charge in [-0.15, -0.1) is 0 Å². The maximum Gasteiger partial charge on any atom is 0.210 e. The number of Topliss-reactive ketones (excluding diaryl/α,β-unsaturated/α-hetero) is 1. The van der Waals surface area contributed by atoms with Crippen molar-refractivity contribution in [3.05, 3.63) is 53.1 Å². The summed E-state index contributed by atoms with van der Waals surface area (Å²) in [5, 5.41) is 0.584. The molecule has 2 aromatic carbocycles. The van der Waals surface area contributed by atoms with E-state index < -0.39 is 12.3 Å². The summed E-state index contributed by atoms with van der Waals surface area (Å²) in [6, 6.07) is 12.9. The Balaban J connectivity index is 1.97. The van der Waals surface area contributed by atoms with Gasteiger partial charge in [-0.1, -0.05) is 23.7 Å². The normalized spacial score (nSPS) is 22.4. The van der Waals surface area contributed by atoms with Crippen LogP contribution in [0.15, 0.2) is 42.5 Å². The van der Waals surface area contributed by atoms with E-state index >= 15 is 0 Å². The van der Waals surface area contributed by atoms with Gasteiger partial charge < -0.3 is 9.47 Å². The van der Waals surface area contributed by atoms with Crippen molar-refractivity contribution < 1.29 is 14.3 Å². The van der Waals surface area contributed by atoms with Crippen LogP contribution in [-0.4, -0.2) is 25.2 Å². The molecule has 0 N–H and O–H groups in total. The van der Waals surface area contributed by atoms with Crippen LogP contribution < -0.4 is 9.64 Å². The van der Waals surface area contributed by atoms with Gasteiger partial charge in [-0.3, -0.25) is 9.69 Å². The highest BCUT2D eigenvalue weighted by atomic mass is 35.5. The quantitative estimate of drug-likeness (QED) is 0.809. The van der Waals surface area contributed by atoms with Gasteiger partial charge in [-0.05, 0) is 30.3 Å². The minimum atomic E-state index is -0.661. The van der Waals surface area contributed by atoms with Gasteiger partial charge in [0.25, 0.3) is 0 Å². The number of halogens is 1. The first-order valence-corrected chi connectivity index (χ1v) is 7.00. The van der Waals surface area contributed by atoms with Crippen molar-refractivity contribution in [1.82, 2.24) is 0 Å². The number of rotatable bonds is 1. The number of nitrogens with zero attached hydrogens (tertiary/aromatic N) is 1. The number of anilines is 2. The number of fused-ring (bicyclic) bond motifs is 5. The van der Waals surface area contributed by atoms with Crippen molar-refractivity contribution in [3.63, 3.8) is 0 Å². The molecule has 0 radical (unpaired) electrons. The van der Waals surface area contributed by atoms with Gasteiger partial charge in [0, 0.05) is 17.7 Å². The molecular formula is C16H12ClNO3. The highest BCUT2D eigenvalue weighted by molar-refractivity contribution is 6.31. The Morgan fingerprint density at radius 2 is 2.00 bits per heavy atom. The Labute approximate surface area is 126 Å². The van der Waals surface area contributed by atoms with Crippen molar-refractivity contribution in [2.75, 3.05) is 12.0 Å². The van der Waals surface area contributed by atoms with Crippen molar-refractivity contribution in [3.8, 4) is 5.75 Å². The van der Waals surface area contributed by atoms with E-state index in [0.29, 0.717) is 10.6 Å². The molecule has 0 saturated carbocycles. The van der Waals surface area contributed by atoms with Crippen LogP contribution in [0.4, 0.5) is 11.4 Å². The number of hydrogen-bond acceptors (Lipinski definition) is 4. The summed E-state index contributed by atoms with van der Waals surface area (Å²) in [7, 11) is 1.52. The van der Waals surface area contributed by atoms with Gasteiger partial charge in [0.15, 0.2) is 11.9 Å². The zero-order valence-corrected chi connectivity index (χ0v) is 12.0. The summed E-state index contributed by atoms with van der Waals surface area (Å²) in [5.74, 6) is 0.656. The number of methoxy groups -OCH3 is 1. The molecule has 0 fully saturated rings. The van der Waals surface area contributed by atoms with Crippen LogP contribution in [0, 0.1) is 0 Å². The van der Waals surface area contributed by atoms with Crippen LogP contribution in [-0.2, 0) is 4.74 Å². The molecule has 5 heteroatoms. The number of hydrogen-bond donors (Lipinski definition) is 0. The second kappa shape index (κ2) is 4.48. The van der Waals surface area contributed by atoms with Gasteiger partial charge in [-0.2, -0.15) is 0 Å². The number of carbonyl (C=O) groups is 1. The fourth-order valence-corrected chi connectivity index (χ4v) is 3.12. The maximum atomic E-state index is 12.6. The zero-order chi connectivity index (χ0) is 14.6. The van der Waals surface area contributed by atoms with Crippen LogP contribution >= 0.6 is 11.6 Å². The topological polar surface area (TPSA) is 38.8 Å². The minimum absolute atomic E-state index is 0.0850. The predicted octanol–water partition coefficient (Wildman–Crippen LogP) is 3.41. The molecule has 2 heterocycles. The second-order valence-electron chi connectivity index (χ2n) is 5.03. The molecule has 2 aromatic rings. The molecule has 4 nitrogen and oxygen atoms in total. The Kier molecular flexibility index (Phi) is 2.71. The highest BCUT2D eigenvalue weighted by Gasteiger charge is 2.47. The van der Waals surface area contributed by atoms with E-state index in [-0.39, 0.29) is 5.78 Å². The van der Waals surface area contributed by atoms with Gasteiger partial charge in [0.2, 0.25) is 6.23 Å². The summed E-state index contributed by atoms with van der Waals surface area (Å²) < 4.78 is 11.3. The van der Waals surface area contributed by atoms with E-state index in [1.807, 2.05) is 29.2 Å². The monoisotopic (exact) mass is 301 g/mol. The molecule has 21 heavy (non-hydrogen) atoms. The number of carbonyl (C=O) groups excluding carboxylic acids is 1. The summed E-state index contributed by atoms with van der Waals surface area (Å²) in [4.78, 5) is 14.6. The Morgan fingerprint density at radius 1 is 1.19 bits per heavy atom. The lowest BCUT2D eigenvalue weighted by atomic mass is 9.96. The number of para-hydroxylation sites is 2. The highest BCUT2D eigenvalue weighted by Crippen LogP contribution is 2.47. The van der Waals surface area contributed by atoms with Gasteiger partial charge in [0.05, 0.1) is 11.4 Å². The van der Waals surface area contributed by atoms with Crippen LogP contribution in [0.2, 0.25) is 5.02 Å². The third kappa shape index (κ3) is 1.69. The van der Waals surface area contributed by atoms with Gasteiger partial charge in [-0.25, -0.2) is 0 Å². The van der Waals surface area contributed by atoms with Crippen molar-refractivity contribution in [2.45, 2.75) is 12.3 Å². The van der Waals surface area contributed by atoms with Crippen LogP contribution in [0.25, 0.3) is 0 Å². The average molecular weight is 302 g/mol. The standard InChI is InChI=1S/C16H12ClNO3/c1-20-15-14(19)10-7-6-9(17)8-12(10)18-11-4-2-3-5-13(11)21-16(15)18/h2-8,15-16H,1H3. The third-order valence-electron chi connectivity index (χ3n) is 3.88. The Bertz CT molecular complexity index is 746. The largest absolute Gasteiger partial charge is 0.465 e. The van der Waals surface area contributed by atoms with E-state index in [4.69, 9.17) is 21.1 Å². The summed E-state index contributed by atoms with van der Waals surface area (Å²) >= 11 is 6.10. The van der Waals surface area contributed by atoms with Gasteiger partial charge >= 0.3 is 0 Å². The first-order valence-electron chi connectivity index (χ1n) is 6.62. The van der Waals surface area contributed by atoms with Crippen molar-refractivity contribution in [2.24, 2.45) is 0 Å². The summed E-state index contributed by atoms with van der Waals surface area (Å²) in [6.07, 6.45) is -1.16. The summed E-state index contributed by atoms with van der Waals surface area (Å²) in [5.41, 5.74) is 2.28. The first kappa shape index (κ1) is 12.7. The van der Waals surface area contributed by atoms with E-state index in [0.717, 1.165) is 17.1 Å². The first-order chi connectivity index (χ1) is 10.2. The maximum absolute atomic E-state index is 12.6. The molecular weight excluding hydrogens is 290 g/mol. The van der Waals surface area contributed by atoms with Crippen LogP contribution in [0.1, 0.15) is 10.4 Å². The summed E-state index contributed by atoms with van der Waals surface area (Å²) in [6.45, 7) is 0. The molecule has 2 unspecified atom stereocenters. The smallest absolute Gasteiger partial charge is 0.210 e. The zero-order valence-electron chi connectivity index (χ0n) is 11.2. The predicted molar refractivity (Wildman–Crippen MR) is 79.6 cm³/mol. The molecule has 2 aliphatic rings. The van der Waals surface area contributed by atoms with Crippen molar-refractivity contribution in [1.29, 1.82) is 0 Å². The molecule has 4 rings (SSSR count). The SMILES string of the molecule is COC1C(=O)c2ccc(Cl)cc2N2c3ccccc3OC12. The Hall–Kier alpha value is -2.04. The number of ether oxygens (including phenoxy) is 2. The van der Waals surface area contributed by atoms with E-state index in [1.54, 1.807) is 18.2 Å². The molecule has 0 spiro atoms. The molecule has 2 aliphatic heterocycles. The fraction of sp³-hybridized carbons (Fsp3) is 0.188. The lowest BCUT2D eigenvalue weighted by molar-refractivity contribution is 0.0146. The lowest BCUT2D eigenvalue weighted by Gasteiger charge is -2.35. The molecule has 0 aromatic heterocycles. The number of ketones is 1. The Morgan fingerprint density at radius 3 is 2.81 bits per heavy atom. The number of benzene rings is 2. The van der Waals surface area contributed by atoms with E-state index in [2.05, 4.69) is 0 Å². The molecule has 0 amide bonds. The van der Waals surface area contributed by atoms with E-state index in [9.17, 15) is 4.79 Å². The molecule has 0 saturated heterocycles. The van der Waals surface area contributed by atoms with E-state index in [1.165, 1.54) is 7.11 Å². The molecule has 0 aliphatic carbocycles. The second-order valence-corrected chi connectivity index (χ2v) is 5.46. The molecule has 2 atom stereocenters. The average Bonchev–Trinajstić information content (AvgIpc) is 2.86. The third-order valence-corrected chi connectivity index (χ3v) is 4.12. The van der Waals surface area contributed by atoms with Crippen molar-refractivity contribution >= 4 is 28.8 Å². The lowest BCUT2D eigenvalue weighted by Crippen LogP contribution is -2.50. The van der Waals surface area contributed by atoms with Crippen LogP contribution in [0.5, 0.6) is 5.75 Å². The fourth-order valence-electron chi connectivity index (χ4n) is 2.96. The van der Waals surface area contributed by atoms with Crippen LogP contribution in [0.3, 0.4) is 0 Å².